The first-order chi connectivity index (χ1) is 10.3. The normalized spacial score (nSPS) is 21.7. The zero-order valence-electron chi connectivity index (χ0n) is 13.5. The Balaban J connectivity index is 1.81. The van der Waals surface area contributed by atoms with Crippen LogP contribution in [0.3, 0.4) is 0 Å². The molecule has 3 rings (SSSR count). The lowest BCUT2D eigenvalue weighted by Crippen LogP contribution is -2.45. The predicted molar refractivity (Wildman–Crippen MR) is 91.0 cm³/mol. The van der Waals surface area contributed by atoms with Gasteiger partial charge in [-0.3, -0.25) is 0 Å². The van der Waals surface area contributed by atoms with E-state index in [1.807, 2.05) is 0 Å². The predicted octanol–water partition coefficient (Wildman–Crippen LogP) is 4.00. The second-order valence-electron chi connectivity index (χ2n) is 7.01. The largest absolute Gasteiger partial charge is 0.371 e. The van der Waals surface area contributed by atoms with Gasteiger partial charge < -0.3 is 10.2 Å². The number of piperidine rings is 1. The second-order valence-corrected chi connectivity index (χ2v) is 7.01. The van der Waals surface area contributed by atoms with Crippen LogP contribution in [-0.2, 0) is 6.42 Å². The molecule has 0 aliphatic carbocycles. The third-order valence-corrected chi connectivity index (χ3v) is 5.43. The van der Waals surface area contributed by atoms with Gasteiger partial charge in [-0.2, -0.15) is 0 Å². The number of hydrogen-bond acceptors (Lipinski definition) is 2. The molecule has 1 aromatic carbocycles. The van der Waals surface area contributed by atoms with Crippen LogP contribution >= 0.6 is 0 Å². The van der Waals surface area contributed by atoms with Crippen molar-refractivity contribution in [1.29, 1.82) is 0 Å². The molecular formula is C19H30N2. The minimum absolute atomic E-state index is 0.539. The van der Waals surface area contributed by atoms with Gasteiger partial charge in [-0.05, 0) is 68.7 Å². The van der Waals surface area contributed by atoms with Crippen LogP contribution in [0.1, 0.15) is 51.0 Å². The summed E-state index contributed by atoms with van der Waals surface area (Å²) in [7, 11) is 0. The standard InChI is InChI=1S/C19H30N2/c1-2-10-19(11-13-20-14-12-19)16-21-15-6-5-8-17-7-3-4-9-18(17)21/h3-4,7,9,20H,2,5-6,8,10-16H2,1H3. The van der Waals surface area contributed by atoms with Crippen LogP contribution in [0.5, 0.6) is 0 Å². The number of benzene rings is 1. The molecule has 0 unspecified atom stereocenters. The number of fused-ring (bicyclic) bond motifs is 1. The van der Waals surface area contributed by atoms with Crippen molar-refractivity contribution in [3.63, 3.8) is 0 Å². The lowest BCUT2D eigenvalue weighted by atomic mass is 9.75. The number of nitrogens with one attached hydrogen (secondary N) is 1. The lowest BCUT2D eigenvalue weighted by molar-refractivity contribution is 0.188. The van der Waals surface area contributed by atoms with E-state index in [0.717, 1.165) is 0 Å². The number of para-hydroxylation sites is 1. The highest BCUT2D eigenvalue weighted by atomic mass is 15.1. The molecule has 116 valence electrons. The molecule has 0 amide bonds. The summed E-state index contributed by atoms with van der Waals surface area (Å²) in [5.41, 5.74) is 3.62. The highest BCUT2D eigenvalue weighted by Gasteiger charge is 2.33. The minimum atomic E-state index is 0.539. The Morgan fingerprint density at radius 1 is 1.14 bits per heavy atom. The van der Waals surface area contributed by atoms with Crippen LogP contribution in [0.25, 0.3) is 0 Å². The molecule has 21 heavy (non-hydrogen) atoms. The van der Waals surface area contributed by atoms with Gasteiger partial charge in [-0.15, -0.1) is 0 Å². The third-order valence-electron chi connectivity index (χ3n) is 5.43. The maximum atomic E-state index is 3.55. The van der Waals surface area contributed by atoms with Gasteiger partial charge in [0.25, 0.3) is 0 Å². The van der Waals surface area contributed by atoms with Gasteiger partial charge >= 0.3 is 0 Å². The van der Waals surface area contributed by atoms with E-state index in [4.69, 9.17) is 0 Å². The SMILES string of the molecule is CCCC1(CN2CCCCc3ccccc32)CCNCC1. The zero-order valence-corrected chi connectivity index (χ0v) is 13.5. The molecule has 2 heterocycles. The van der Waals surface area contributed by atoms with Gasteiger partial charge in [0, 0.05) is 18.8 Å². The van der Waals surface area contributed by atoms with E-state index < -0.39 is 0 Å². The number of rotatable bonds is 4. The van der Waals surface area contributed by atoms with Crippen LogP contribution in [-0.4, -0.2) is 26.2 Å². The molecule has 0 spiro atoms. The van der Waals surface area contributed by atoms with Crippen molar-refractivity contribution in [2.75, 3.05) is 31.1 Å². The molecule has 1 aromatic rings. The first-order valence-corrected chi connectivity index (χ1v) is 8.87. The molecule has 0 aromatic heterocycles. The Kier molecular flexibility index (Phi) is 4.84. The molecule has 2 heteroatoms. The Morgan fingerprint density at radius 2 is 1.95 bits per heavy atom. The van der Waals surface area contributed by atoms with Crippen molar-refractivity contribution in [3.05, 3.63) is 29.8 Å². The monoisotopic (exact) mass is 286 g/mol. The smallest absolute Gasteiger partial charge is 0.0398 e. The van der Waals surface area contributed by atoms with Crippen molar-refractivity contribution < 1.29 is 0 Å². The first-order valence-electron chi connectivity index (χ1n) is 8.87. The van der Waals surface area contributed by atoms with Gasteiger partial charge in [0.05, 0.1) is 0 Å². The summed E-state index contributed by atoms with van der Waals surface area (Å²) in [4.78, 5) is 2.71. The molecule has 2 aliphatic rings. The third kappa shape index (κ3) is 3.42. The molecule has 0 bridgehead atoms. The van der Waals surface area contributed by atoms with E-state index in [1.54, 1.807) is 5.56 Å². The van der Waals surface area contributed by atoms with Crippen LogP contribution < -0.4 is 10.2 Å². The van der Waals surface area contributed by atoms with E-state index >= 15 is 0 Å². The van der Waals surface area contributed by atoms with Crippen molar-refractivity contribution in [3.8, 4) is 0 Å². The summed E-state index contributed by atoms with van der Waals surface area (Å²) in [5.74, 6) is 0. The molecule has 1 N–H and O–H groups in total. The molecule has 1 fully saturated rings. The Labute approximate surface area is 129 Å². The van der Waals surface area contributed by atoms with Gasteiger partial charge in [0.1, 0.15) is 0 Å². The zero-order chi connectivity index (χ0) is 14.5. The van der Waals surface area contributed by atoms with Gasteiger partial charge in [-0.25, -0.2) is 0 Å². The molecule has 1 saturated heterocycles. The van der Waals surface area contributed by atoms with E-state index in [0.29, 0.717) is 5.41 Å². The topological polar surface area (TPSA) is 15.3 Å². The van der Waals surface area contributed by atoms with E-state index in [1.165, 1.54) is 76.8 Å². The van der Waals surface area contributed by atoms with E-state index in [9.17, 15) is 0 Å². The van der Waals surface area contributed by atoms with Crippen LogP contribution in [0.15, 0.2) is 24.3 Å². The average molecular weight is 286 g/mol. The fraction of sp³-hybridized carbons (Fsp3) is 0.684. The van der Waals surface area contributed by atoms with Crippen LogP contribution in [0.4, 0.5) is 5.69 Å². The molecule has 0 atom stereocenters. The Hall–Kier alpha value is -1.02. The maximum absolute atomic E-state index is 3.55. The van der Waals surface area contributed by atoms with Crippen molar-refractivity contribution in [2.45, 2.75) is 51.9 Å². The van der Waals surface area contributed by atoms with Crippen molar-refractivity contribution in [1.82, 2.24) is 5.32 Å². The van der Waals surface area contributed by atoms with Gasteiger partial charge in [0.15, 0.2) is 0 Å². The molecule has 0 radical (unpaired) electrons. The summed E-state index contributed by atoms with van der Waals surface area (Å²) in [6, 6.07) is 9.10. The molecular weight excluding hydrogens is 256 g/mol. The highest BCUT2D eigenvalue weighted by Crippen LogP contribution is 2.37. The first kappa shape index (κ1) is 14.9. The summed E-state index contributed by atoms with van der Waals surface area (Å²) >= 11 is 0. The minimum Gasteiger partial charge on any atom is -0.371 e. The summed E-state index contributed by atoms with van der Waals surface area (Å²) in [6.45, 7) is 7.26. The van der Waals surface area contributed by atoms with E-state index in [2.05, 4.69) is 41.4 Å². The average Bonchev–Trinajstić information content (AvgIpc) is 2.71. The number of aryl methyl sites for hydroxylation is 1. The molecule has 0 saturated carbocycles. The Bertz CT molecular complexity index is 443. The lowest BCUT2D eigenvalue weighted by Gasteiger charge is -2.42. The quantitative estimate of drug-likeness (QED) is 0.900. The highest BCUT2D eigenvalue weighted by molar-refractivity contribution is 5.54. The number of hydrogen-bond donors (Lipinski definition) is 1. The molecule has 2 aliphatic heterocycles. The maximum Gasteiger partial charge on any atom is 0.0398 e. The molecule has 2 nitrogen and oxygen atoms in total. The van der Waals surface area contributed by atoms with Crippen molar-refractivity contribution in [2.24, 2.45) is 5.41 Å². The summed E-state index contributed by atoms with van der Waals surface area (Å²) in [5, 5.41) is 3.55. The fourth-order valence-electron chi connectivity index (χ4n) is 4.31. The van der Waals surface area contributed by atoms with Gasteiger partial charge in [-0.1, -0.05) is 31.5 Å². The van der Waals surface area contributed by atoms with E-state index in [-0.39, 0.29) is 0 Å². The Morgan fingerprint density at radius 3 is 2.76 bits per heavy atom. The summed E-state index contributed by atoms with van der Waals surface area (Å²) < 4.78 is 0. The summed E-state index contributed by atoms with van der Waals surface area (Å²) in [6.07, 6.45) is 9.34. The fourth-order valence-corrected chi connectivity index (χ4v) is 4.31. The van der Waals surface area contributed by atoms with Crippen LogP contribution in [0, 0.1) is 5.41 Å². The number of nitrogens with zero attached hydrogens (tertiary/aromatic N) is 1. The van der Waals surface area contributed by atoms with Crippen molar-refractivity contribution >= 4 is 5.69 Å². The van der Waals surface area contributed by atoms with Gasteiger partial charge in [0.2, 0.25) is 0 Å². The number of anilines is 1. The van der Waals surface area contributed by atoms with Crippen LogP contribution in [0.2, 0.25) is 0 Å². The second kappa shape index (κ2) is 6.83.